The number of rotatable bonds is 0. The molecule has 0 fully saturated rings. The molecule has 0 aliphatic heterocycles. The van der Waals surface area contributed by atoms with Crippen LogP contribution in [-0.4, -0.2) is 16.3 Å². The minimum atomic E-state index is -0.588. The Labute approximate surface area is 68.3 Å². The summed E-state index contributed by atoms with van der Waals surface area (Å²) in [6, 6.07) is 0. The topological polar surface area (TPSA) is 40.5 Å². The van der Waals surface area contributed by atoms with Gasteiger partial charge in [-0.25, -0.2) is 0 Å². The van der Waals surface area contributed by atoms with Crippen LogP contribution in [0.3, 0.4) is 0 Å². The van der Waals surface area contributed by atoms with Crippen LogP contribution < -0.4 is 0 Å². The van der Waals surface area contributed by atoms with Crippen molar-refractivity contribution in [2.24, 2.45) is 5.92 Å². The van der Waals surface area contributed by atoms with E-state index in [9.17, 15) is 0 Å². The molecule has 0 aromatic heterocycles. The minimum Gasteiger partial charge on any atom is -0.462 e. The highest BCUT2D eigenvalue weighted by atomic mass is 16.3. The maximum Gasteiger partial charge on any atom is 0.111 e. The summed E-state index contributed by atoms with van der Waals surface area (Å²) in [5, 5.41) is 16.0. The number of terminal acetylenes is 1. The average molecular weight is 154 g/mol. The summed E-state index contributed by atoms with van der Waals surface area (Å²) in [5.74, 6) is 4.88. The first-order valence-corrected chi connectivity index (χ1v) is 3.33. The fourth-order valence-corrected chi connectivity index (χ4v) is 0.129. The van der Waals surface area contributed by atoms with Crippen LogP contribution in [0.25, 0.3) is 0 Å². The van der Waals surface area contributed by atoms with Gasteiger partial charge in [0.25, 0.3) is 0 Å². The minimum absolute atomic E-state index is 0.287. The van der Waals surface area contributed by atoms with Crippen LogP contribution in [0.2, 0.25) is 0 Å². The van der Waals surface area contributed by atoms with E-state index in [-0.39, 0.29) is 5.92 Å². The van der Waals surface area contributed by atoms with Crippen LogP contribution in [0.4, 0.5) is 0 Å². The molecule has 0 aliphatic rings. The third kappa shape index (κ3) is 27.9. The smallest absolute Gasteiger partial charge is 0.111 e. The van der Waals surface area contributed by atoms with Crippen molar-refractivity contribution in [3.8, 4) is 24.4 Å². The van der Waals surface area contributed by atoms with Gasteiger partial charge in [0.15, 0.2) is 0 Å². The van der Waals surface area contributed by atoms with Crippen molar-refractivity contribution < 1.29 is 10.2 Å². The molecular weight excluding hydrogens is 140 g/mol. The van der Waals surface area contributed by atoms with Crippen molar-refractivity contribution in [3.05, 3.63) is 0 Å². The third-order valence-electron chi connectivity index (χ3n) is 0.594. The molecule has 0 saturated heterocycles. The van der Waals surface area contributed by atoms with E-state index in [1.54, 1.807) is 6.92 Å². The van der Waals surface area contributed by atoms with E-state index < -0.39 is 6.10 Å². The van der Waals surface area contributed by atoms with Crippen molar-refractivity contribution in [1.82, 2.24) is 0 Å². The highest BCUT2D eigenvalue weighted by Crippen LogP contribution is 1.83. The summed E-state index contributed by atoms with van der Waals surface area (Å²) in [5.41, 5.74) is 0. The van der Waals surface area contributed by atoms with Gasteiger partial charge in [-0.15, -0.1) is 6.42 Å². The second kappa shape index (κ2) is 8.88. The number of hydrogen-bond acceptors (Lipinski definition) is 2. The van der Waals surface area contributed by atoms with Gasteiger partial charge < -0.3 is 10.2 Å². The molecule has 1 atom stereocenters. The molecule has 0 saturated carbocycles. The molecule has 11 heavy (non-hydrogen) atoms. The molecule has 0 rings (SSSR count). The third-order valence-corrected chi connectivity index (χ3v) is 0.594. The van der Waals surface area contributed by atoms with Crippen LogP contribution in [0, 0.1) is 30.3 Å². The van der Waals surface area contributed by atoms with Gasteiger partial charge >= 0.3 is 0 Å². The summed E-state index contributed by atoms with van der Waals surface area (Å²) in [6.07, 6.45) is 5.90. The summed E-state index contributed by atoms with van der Waals surface area (Å²) < 4.78 is 0. The summed E-state index contributed by atoms with van der Waals surface area (Å²) in [6.45, 7) is 5.38. The van der Waals surface area contributed by atoms with Gasteiger partial charge in [-0.05, 0) is 6.92 Å². The molecular formula is C9H14O2. The lowest BCUT2D eigenvalue weighted by Crippen LogP contribution is -1.90. The summed E-state index contributed by atoms with van der Waals surface area (Å²) in [7, 11) is 0. The van der Waals surface area contributed by atoms with Gasteiger partial charge in [-0.1, -0.05) is 25.7 Å². The van der Waals surface area contributed by atoms with Crippen molar-refractivity contribution in [3.63, 3.8) is 0 Å². The molecule has 0 amide bonds. The highest BCUT2D eigenvalue weighted by molar-refractivity contribution is 4.92. The Morgan fingerprint density at radius 3 is 1.64 bits per heavy atom. The summed E-state index contributed by atoms with van der Waals surface area (Å²) >= 11 is 0. The number of aliphatic hydroxyl groups is 2. The Hall–Kier alpha value is -1.12. The van der Waals surface area contributed by atoms with E-state index in [1.807, 2.05) is 20.0 Å². The Bertz CT molecular complexity index is 164. The van der Waals surface area contributed by atoms with E-state index >= 15 is 0 Å². The van der Waals surface area contributed by atoms with E-state index in [2.05, 4.69) is 18.3 Å². The SMILES string of the molecule is C#CC(C)O.CC(C)C#CO. The molecule has 0 radical (unpaired) electrons. The van der Waals surface area contributed by atoms with Crippen molar-refractivity contribution in [1.29, 1.82) is 0 Å². The first kappa shape index (κ1) is 12.5. The summed E-state index contributed by atoms with van der Waals surface area (Å²) in [4.78, 5) is 0. The fraction of sp³-hybridized carbons (Fsp3) is 0.556. The Morgan fingerprint density at radius 2 is 1.64 bits per heavy atom. The molecule has 0 aromatic carbocycles. The Morgan fingerprint density at radius 1 is 1.27 bits per heavy atom. The maximum absolute atomic E-state index is 8.12. The van der Waals surface area contributed by atoms with Crippen LogP contribution in [-0.2, 0) is 0 Å². The second-order valence-corrected chi connectivity index (χ2v) is 2.25. The van der Waals surface area contributed by atoms with Gasteiger partial charge in [-0.2, -0.15) is 0 Å². The first-order chi connectivity index (χ1) is 5.04. The lowest BCUT2D eigenvalue weighted by Gasteiger charge is -1.80. The number of hydrogen-bond donors (Lipinski definition) is 2. The van der Waals surface area contributed by atoms with Gasteiger partial charge in [0.1, 0.15) is 12.2 Å². The molecule has 0 aromatic rings. The molecule has 1 unspecified atom stereocenters. The van der Waals surface area contributed by atoms with Gasteiger partial charge in [0, 0.05) is 5.92 Å². The molecule has 0 bridgehead atoms. The van der Waals surface area contributed by atoms with Crippen LogP contribution in [0.1, 0.15) is 20.8 Å². The monoisotopic (exact) mass is 154 g/mol. The maximum atomic E-state index is 8.12. The van der Waals surface area contributed by atoms with E-state index in [0.717, 1.165) is 0 Å². The molecule has 2 nitrogen and oxygen atoms in total. The zero-order valence-electron chi connectivity index (χ0n) is 7.13. The van der Waals surface area contributed by atoms with Gasteiger partial charge in [0.2, 0.25) is 0 Å². The first-order valence-electron chi connectivity index (χ1n) is 3.33. The molecule has 2 heteroatoms. The molecule has 0 spiro atoms. The van der Waals surface area contributed by atoms with E-state index in [4.69, 9.17) is 10.2 Å². The predicted octanol–water partition coefficient (Wildman–Crippen LogP) is 0.976. The molecule has 0 aliphatic carbocycles. The zero-order chi connectivity index (χ0) is 9.28. The largest absolute Gasteiger partial charge is 0.462 e. The lowest BCUT2D eigenvalue weighted by atomic mass is 10.2. The quantitative estimate of drug-likeness (QED) is 0.510. The zero-order valence-corrected chi connectivity index (χ0v) is 7.13. The van der Waals surface area contributed by atoms with Crippen LogP contribution in [0.5, 0.6) is 0 Å². The van der Waals surface area contributed by atoms with E-state index in [1.165, 1.54) is 0 Å². The van der Waals surface area contributed by atoms with E-state index in [0.29, 0.717) is 0 Å². The number of aliphatic hydroxyl groups excluding tert-OH is 2. The molecule has 62 valence electrons. The fourth-order valence-electron chi connectivity index (χ4n) is 0.129. The Kier molecular flexibility index (Phi) is 10.1. The normalized spacial score (nSPS) is 9.82. The van der Waals surface area contributed by atoms with Crippen LogP contribution in [0.15, 0.2) is 0 Å². The van der Waals surface area contributed by atoms with Gasteiger partial charge in [0.05, 0.1) is 0 Å². The second-order valence-electron chi connectivity index (χ2n) is 2.25. The average Bonchev–Trinajstić information content (AvgIpc) is 1.89. The highest BCUT2D eigenvalue weighted by Gasteiger charge is 1.77. The van der Waals surface area contributed by atoms with Crippen molar-refractivity contribution >= 4 is 0 Å². The predicted molar refractivity (Wildman–Crippen MR) is 45.1 cm³/mol. The van der Waals surface area contributed by atoms with Crippen molar-refractivity contribution in [2.45, 2.75) is 26.9 Å². The standard InChI is InChI=1S/C5H8O.C4H6O/c1-5(2)3-4-6;1-3-4(2)5/h5-6H,1-2H3;1,4-5H,2H3. The van der Waals surface area contributed by atoms with Crippen LogP contribution >= 0.6 is 0 Å². The van der Waals surface area contributed by atoms with Crippen molar-refractivity contribution in [2.75, 3.05) is 0 Å². The molecule has 2 N–H and O–H groups in total. The lowest BCUT2D eigenvalue weighted by molar-refractivity contribution is 0.253. The van der Waals surface area contributed by atoms with Gasteiger partial charge in [-0.3, -0.25) is 0 Å². The molecule has 0 heterocycles. The Balaban J connectivity index is 0.